The summed E-state index contributed by atoms with van der Waals surface area (Å²) >= 11 is 0. The molecule has 0 spiro atoms. The van der Waals surface area contributed by atoms with Gasteiger partial charge in [0.2, 0.25) is 0 Å². The Balaban J connectivity index is 1.71. The van der Waals surface area contributed by atoms with Gasteiger partial charge in [-0.1, -0.05) is 60.7 Å². The van der Waals surface area contributed by atoms with Crippen LogP contribution >= 0.6 is 0 Å². The first-order valence-electron chi connectivity index (χ1n) is 8.14. The minimum atomic E-state index is -0.455. The normalized spacial score (nSPS) is 10.7. The van der Waals surface area contributed by atoms with Crippen molar-refractivity contribution in [2.75, 3.05) is 6.79 Å². The average Bonchev–Trinajstić information content (AvgIpc) is 2.69. The maximum Gasteiger partial charge on any atom is 0.336 e. The maximum absolute atomic E-state index is 12.2. The first-order chi connectivity index (χ1) is 12.8. The molecule has 0 unspecified atom stereocenters. The van der Waals surface area contributed by atoms with Crippen LogP contribution in [0.3, 0.4) is 0 Å². The third-order valence-electron chi connectivity index (χ3n) is 3.71. The van der Waals surface area contributed by atoms with Gasteiger partial charge in [0.15, 0.2) is 6.79 Å². The highest BCUT2D eigenvalue weighted by molar-refractivity contribution is 5.90. The molecule has 4 heteroatoms. The van der Waals surface area contributed by atoms with Crippen molar-refractivity contribution in [1.29, 1.82) is 0 Å². The van der Waals surface area contributed by atoms with Gasteiger partial charge in [0, 0.05) is 11.6 Å². The van der Waals surface area contributed by atoms with Crippen LogP contribution < -0.4 is 9.47 Å². The number of carbonyl (C=O) groups excluding carboxylic acids is 1. The lowest BCUT2D eigenvalue weighted by Crippen LogP contribution is -2.04. The molecular weight excluding hydrogens is 328 g/mol. The van der Waals surface area contributed by atoms with Gasteiger partial charge in [-0.15, -0.1) is 0 Å². The summed E-state index contributed by atoms with van der Waals surface area (Å²) < 4.78 is 10.5. The summed E-state index contributed by atoms with van der Waals surface area (Å²) in [4.78, 5) is 12.2. The molecule has 0 aromatic heterocycles. The fraction of sp³-hybridized carbons (Fsp3) is 0.0455. The van der Waals surface area contributed by atoms with Crippen LogP contribution in [0, 0.1) is 0 Å². The van der Waals surface area contributed by atoms with Crippen molar-refractivity contribution in [3.8, 4) is 22.6 Å². The van der Waals surface area contributed by atoms with E-state index < -0.39 is 5.97 Å². The zero-order chi connectivity index (χ0) is 18.2. The Kier molecular flexibility index (Phi) is 5.80. The molecule has 0 aliphatic heterocycles. The predicted molar refractivity (Wildman–Crippen MR) is 101 cm³/mol. The van der Waals surface area contributed by atoms with E-state index in [1.165, 1.54) is 6.08 Å². The summed E-state index contributed by atoms with van der Waals surface area (Å²) in [5.41, 5.74) is 2.67. The first kappa shape index (κ1) is 17.5. The van der Waals surface area contributed by atoms with E-state index in [1.54, 1.807) is 36.4 Å². The van der Waals surface area contributed by atoms with Crippen LogP contribution in [-0.4, -0.2) is 17.9 Å². The van der Waals surface area contributed by atoms with E-state index in [0.717, 1.165) is 16.7 Å². The molecule has 0 radical (unpaired) electrons. The van der Waals surface area contributed by atoms with E-state index in [-0.39, 0.29) is 6.79 Å². The summed E-state index contributed by atoms with van der Waals surface area (Å²) in [6, 6.07) is 24.2. The molecule has 0 saturated carbocycles. The van der Waals surface area contributed by atoms with Gasteiger partial charge >= 0.3 is 5.97 Å². The van der Waals surface area contributed by atoms with Crippen molar-refractivity contribution >= 4 is 12.0 Å². The molecule has 0 aliphatic rings. The third-order valence-corrected chi connectivity index (χ3v) is 3.71. The standard InChI is InChI=1S/C22H18O4/c23-16-25-19-13-10-17(11-14-19)12-15-22(24)26-21-9-5-4-8-20(21)18-6-2-1-3-7-18/h1-15,23H,16H2. The number of ether oxygens (including phenoxy) is 2. The molecule has 1 N–H and O–H groups in total. The molecule has 26 heavy (non-hydrogen) atoms. The predicted octanol–water partition coefficient (Wildman–Crippen LogP) is 4.30. The van der Waals surface area contributed by atoms with Crippen molar-refractivity contribution in [2.45, 2.75) is 0 Å². The quantitative estimate of drug-likeness (QED) is 0.313. The summed E-state index contributed by atoms with van der Waals surface area (Å²) in [5, 5.41) is 8.71. The number of esters is 1. The summed E-state index contributed by atoms with van der Waals surface area (Å²) in [5.74, 6) is 0.619. The first-order valence-corrected chi connectivity index (χ1v) is 8.14. The second kappa shape index (κ2) is 8.65. The van der Waals surface area contributed by atoms with Crippen LogP contribution in [0.2, 0.25) is 0 Å². The average molecular weight is 346 g/mol. The molecule has 3 rings (SSSR count). The van der Waals surface area contributed by atoms with Gasteiger partial charge in [-0.3, -0.25) is 0 Å². The van der Waals surface area contributed by atoms with Crippen LogP contribution in [0.5, 0.6) is 11.5 Å². The van der Waals surface area contributed by atoms with E-state index in [4.69, 9.17) is 14.6 Å². The Hall–Kier alpha value is -3.37. The highest BCUT2D eigenvalue weighted by atomic mass is 16.6. The van der Waals surface area contributed by atoms with Crippen molar-refractivity contribution in [3.63, 3.8) is 0 Å². The molecule has 0 heterocycles. The van der Waals surface area contributed by atoms with Gasteiger partial charge in [0.25, 0.3) is 0 Å². The molecule has 130 valence electrons. The van der Waals surface area contributed by atoms with E-state index >= 15 is 0 Å². The van der Waals surface area contributed by atoms with E-state index in [9.17, 15) is 4.79 Å². The smallest absolute Gasteiger partial charge is 0.336 e. The van der Waals surface area contributed by atoms with E-state index in [2.05, 4.69) is 0 Å². The number of hydrogen-bond acceptors (Lipinski definition) is 4. The molecule has 3 aromatic carbocycles. The monoisotopic (exact) mass is 346 g/mol. The van der Waals surface area contributed by atoms with E-state index in [1.807, 2.05) is 48.5 Å². The lowest BCUT2D eigenvalue weighted by Gasteiger charge is -2.08. The Morgan fingerprint density at radius 1 is 0.885 bits per heavy atom. The van der Waals surface area contributed by atoms with Crippen LogP contribution in [0.25, 0.3) is 17.2 Å². The van der Waals surface area contributed by atoms with Crippen LogP contribution in [0.15, 0.2) is 84.9 Å². The number of hydrogen-bond donors (Lipinski definition) is 1. The van der Waals surface area contributed by atoms with Gasteiger partial charge in [-0.25, -0.2) is 4.79 Å². The Morgan fingerprint density at radius 3 is 2.31 bits per heavy atom. The number of aliphatic hydroxyl groups is 1. The van der Waals surface area contributed by atoms with Gasteiger partial charge in [0.05, 0.1) is 0 Å². The largest absolute Gasteiger partial charge is 0.468 e. The Morgan fingerprint density at radius 2 is 1.58 bits per heavy atom. The SMILES string of the molecule is O=C(C=Cc1ccc(OCO)cc1)Oc1ccccc1-c1ccccc1. The van der Waals surface area contributed by atoms with Crippen molar-refractivity contribution < 1.29 is 19.4 Å². The van der Waals surface area contributed by atoms with Crippen LogP contribution in [-0.2, 0) is 4.79 Å². The topological polar surface area (TPSA) is 55.8 Å². The second-order valence-corrected chi connectivity index (χ2v) is 5.46. The van der Waals surface area contributed by atoms with Gasteiger partial charge < -0.3 is 14.6 Å². The number of rotatable bonds is 6. The van der Waals surface area contributed by atoms with Crippen molar-refractivity contribution in [2.24, 2.45) is 0 Å². The highest BCUT2D eigenvalue weighted by Crippen LogP contribution is 2.29. The summed E-state index contributed by atoms with van der Waals surface area (Å²) in [6.07, 6.45) is 3.04. The molecule has 4 nitrogen and oxygen atoms in total. The fourth-order valence-electron chi connectivity index (χ4n) is 2.47. The number of para-hydroxylation sites is 1. The van der Waals surface area contributed by atoms with E-state index in [0.29, 0.717) is 11.5 Å². The molecule has 0 fully saturated rings. The van der Waals surface area contributed by atoms with Gasteiger partial charge in [-0.2, -0.15) is 0 Å². The van der Waals surface area contributed by atoms with Gasteiger partial charge in [-0.05, 0) is 35.4 Å². The molecule has 3 aromatic rings. The minimum absolute atomic E-state index is 0.373. The maximum atomic E-state index is 12.2. The van der Waals surface area contributed by atoms with Gasteiger partial charge in [0.1, 0.15) is 11.5 Å². The zero-order valence-corrected chi connectivity index (χ0v) is 14.0. The highest BCUT2D eigenvalue weighted by Gasteiger charge is 2.08. The molecule has 0 aliphatic carbocycles. The molecule has 0 amide bonds. The number of benzene rings is 3. The number of aliphatic hydroxyl groups excluding tert-OH is 1. The Bertz CT molecular complexity index is 884. The third kappa shape index (κ3) is 4.59. The second-order valence-electron chi connectivity index (χ2n) is 5.46. The molecule has 0 saturated heterocycles. The van der Waals surface area contributed by atoms with Crippen molar-refractivity contribution in [3.05, 3.63) is 90.5 Å². The lowest BCUT2D eigenvalue weighted by atomic mass is 10.1. The fourth-order valence-corrected chi connectivity index (χ4v) is 2.47. The molecular formula is C22H18O4. The number of carbonyl (C=O) groups is 1. The molecule has 0 atom stereocenters. The summed E-state index contributed by atoms with van der Waals surface area (Å²) in [6.45, 7) is -0.373. The Labute approximate surface area is 151 Å². The minimum Gasteiger partial charge on any atom is -0.468 e. The summed E-state index contributed by atoms with van der Waals surface area (Å²) in [7, 11) is 0. The van der Waals surface area contributed by atoms with Crippen LogP contribution in [0.1, 0.15) is 5.56 Å². The van der Waals surface area contributed by atoms with Crippen LogP contribution in [0.4, 0.5) is 0 Å². The zero-order valence-electron chi connectivity index (χ0n) is 14.0. The van der Waals surface area contributed by atoms with Crippen molar-refractivity contribution in [1.82, 2.24) is 0 Å². The molecule has 0 bridgehead atoms. The lowest BCUT2D eigenvalue weighted by molar-refractivity contribution is -0.128.